The van der Waals surface area contributed by atoms with E-state index in [0.29, 0.717) is 17.8 Å². The Labute approximate surface area is 225 Å². The van der Waals surface area contributed by atoms with E-state index in [1.807, 2.05) is 12.4 Å². The molecule has 202 valence electrons. The Hall–Kier alpha value is -3.54. The molecule has 2 aliphatic rings. The Bertz CT molecular complexity index is 1170. The summed E-state index contributed by atoms with van der Waals surface area (Å²) in [7, 11) is 1.80. The number of pyridine rings is 1. The lowest BCUT2D eigenvalue weighted by Gasteiger charge is -2.29. The van der Waals surface area contributed by atoms with Crippen LogP contribution in [0.3, 0.4) is 0 Å². The molecule has 0 unspecified atom stereocenters. The fourth-order valence-corrected chi connectivity index (χ4v) is 5.38. The van der Waals surface area contributed by atoms with Gasteiger partial charge in [-0.05, 0) is 50.2 Å². The monoisotopic (exact) mass is 517 g/mol. The lowest BCUT2D eigenvalue weighted by Crippen LogP contribution is -2.34. The number of esters is 1. The number of anilines is 2. The predicted molar refractivity (Wildman–Crippen MR) is 150 cm³/mol. The van der Waals surface area contributed by atoms with Crippen LogP contribution in [0.1, 0.15) is 81.8 Å². The van der Waals surface area contributed by atoms with Gasteiger partial charge >= 0.3 is 5.97 Å². The van der Waals surface area contributed by atoms with Gasteiger partial charge in [-0.3, -0.25) is 4.99 Å². The Balaban J connectivity index is 1.78. The molecular formula is C29H39N7O2. The third-order valence-electron chi connectivity index (χ3n) is 7.40. The molecule has 3 heterocycles. The summed E-state index contributed by atoms with van der Waals surface area (Å²) in [6, 6.07) is 4.44. The molecule has 38 heavy (non-hydrogen) atoms. The number of nitriles is 1. The number of nitrogens with zero attached hydrogens (tertiary/aromatic N) is 6. The average Bonchev–Trinajstić information content (AvgIpc) is 2.94. The summed E-state index contributed by atoms with van der Waals surface area (Å²) in [4.78, 5) is 33.8. The smallest absolute Gasteiger partial charge is 0.357 e. The van der Waals surface area contributed by atoms with Crippen LogP contribution < -0.4 is 10.2 Å². The lowest BCUT2D eigenvalue weighted by molar-refractivity contribution is 0.0519. The second-order valence-electron chi connectivity index (χ2n) is 10.4. The molecule has 1 saturated carbocycles. The fraction of sp³-hybridized carbons (Fsp3) is 0.586. The maximum atomic E-state index is 12.9. The van der Waals surface area contributed by atoms with Crippen LogP contribution in [0.4, 0.5) is 11.8 Å². The molecule has 2 aromatic rings. The van der Waals surface area contributed by atoms with Crippen molar-refractivity contribution < 1.29 is 9.53 Å². The van der Waals surface area contributed by atoms with Gasteiger partial charge < -0.3 is 15.0 Å². The van der Waals surface area contributed by atoms with Gasteiger partial charge in [0.05, 0.1) is 12.7 Å². The number of hydrogen-bond donors (Lipinski definition) is 1. The number of aromatic nitrogens is 3. The minimum atomic E-state index is -0.454. The van der Waals surface area contributed by atoms with Crippen LogP contribution in [0.25, 0.3) is 11.1 Å². The summed E-state index contributed by atoms with van der Waals surface area (Å²) >= 11 is 0. The highest BCUT2D eigenvalue weighted by Crippen LogP contribution is 2.34. The first kappa shape index (κ1) is 27.5. The van der Waals surface area contributed by atoms with Crippen LogP contribution in [0.5, 0.6) is 0 Å². The van der Waals surface area contributed by atoms with E-state index < -0.39 is 5.97 Å². The van der Waals surface area contributed by atoms with Crippen molar-refractivity contribution in [2.45, 2.75) is 71.8 Å². The van der Waals surface area contributed by atoms with Crippen LogP contribution in [0.2, 0.25) is 0 Å². The summed E-state index contributed by atoms with van der Waals surface area (Å²) in [5, 5.41) is 12.9. The maximum absolute atomic E-state index is 12.9. The van der Waals surface area contributed by atoms with Gasteiger partial charge in [-0.2, -0.15) is 5.26 Å². The zero-order valence-electron chi connectivity index (χ0n) is 23.0. The quantitative estimate of drug-likeness (QED) is 0.372. The second kappa shape index (κ2) is 12.8. The van der Waals surface area contributed by atoms with Crippen LogP contribution in [0, 0.1) is 23.2 Å². The van der Waals surface area contributed by atoms with Gasteiger partial charge in [0, 0.05) is 61.3 Å². The van der Waals surface area contributed by atoms with E-state index in [2.05, 4.69) is 35.1 Å². The number of carbonyl (C=O) groups is 1. The summed E-state index contributed by atoms with van der Waals surface area (Å²) in [5.41, 5.74) is 3.64. The van der Waals surface area contributed by atoms with Gasteiger partial charge in [-0.25, -0.2) is 19.7 Å². The number of nitrogens with one attached hydrogen (secondary N) is 1. The molecule has 1 saturated heterocycles. The van der Waals surface area contributed by atoms with E-state index in [1.54, 1.807) is 20.0 Å². The standard InChI is InChI=1S/C29H39N7O2/c1-5-38-28(37)24-15-23(21-17-32-29(33-18-21)36-13-11-20(16-30)12-14-36)25(26(31-4)19(2)3)27(35-24)34-22-9-7-6-8-10-22/h15,17-20,22H,5-14H2,1-4H3,(H,34,35)/b31-26-. The number of aliphatic imine (C=N–C) groups is 1. The molecule has 1 aliphatic heterocycles. The van der Waals surface area contributed by atoms with Gasteiger partial charge in [-0.15, -0.1) is 0 Å². The number of carbonyl (C=O) groups excluding carboxylic acids is 1. The molecule has 9 heteroatoms. The number of hydrogen-bond acceptors (Lipinski definition) is 9. The molecular weight excluding hydrogens is 478 g/mol. The first-order valence-electron chi connectivity index (χ1n) is 13.9. The van der Waals surface area contributed by atoms with Crippen molar-refractivity contribution in [3.05, 3.63) is 29.7 Å². The normalized spacial score (nSPS) is 17.4. The molecule has 0 atom stereocenters. The fourth-order valence-electron chi connectivity index (χ4n) is 5.38. The summed E-state index contributed by atoms with van der Waals surface area (Å²) < 4.78 is 5.33. The van der Waals surface area contributed by atoms with Gasteiger partial charge in [0.1, 0.15) is 5.82 Å². The lowest BCUT2D eigenvalue weighted by atomic mass is 9.91. The van der Waals surface area contributed by atoms with Crippen molar-refractivity contribution in [3.8, 4) is 17.2 Å². The third-order valence-corrected chi connectivity index (χ3v) is 7.40. The van der Waals surface area contributed by atoms with Gasteiger partial charge in [0.2, 0.25) is 5.95 Å². The van der Waals surface area contributed by atoms with E-state index in [1.165, 1.54) is 19.3 Å². The van der Waals surface area contributed by atoms with Crippen molar-refractivity contribution in [2.75, 3.05) is 37.0 Å². The Morgan fingerprint density at radius 2 is 1.87 bits per heavy atom. The Morgan fingerprint density at radius 1 is 1.18 bits per heavy atom. The minimum Gasteiger partial charge on any atom is -0.461 e. The van der Waals surface area contributed by atoms with Gasteiger partial charge in [-0.1, -0.05) is 33.1 Å². The Kier molecular flexibility index (Phi) is 9.27. The van der Waals surface area contributed by atoms with Crippen molar-refractivity contribution in [3.63, 3.8) is 0 Å². The molecule has 0 radical (unpaired) electrons. The van der Waals surface area contributed by atoms with Crippen molar-refractivity contribution in [1.29, 1.82) is 5.26 Å². The molecule has 0 aromatic carbocycles. The predicted octanol–water partition coefficient (Wildman–Crippen LogP) is 5.27. The van der Waals surface area contributed by atoms with Gasteiger partial charge in [0.15, 0.2) is 5.69 Å². The van der Waals surface area contributed by atoms with Crippen LogP contribution >= 0.6 is 0 Å². The average molecular weight is 518 g/mol. The summed E-state index contributed by atoms with van der Waals surface area (Å²) in [6.45, 7) is 7.82. The van der Waals surface area contributed by atoms with Crippen molar-refractivity contribution in [1.82, 2.24) is 15.0 Å². The Morgan fingerprint density at radius 3 is 2.45 bits per heavy atom. The zero-order chi connectivity index (χ0) is 27.1. The maximum Gasteiger partial charge on any atom is 0.357 e. The molecule has 4 rings (SSSR count). The molecule has 2 aromatic heterocycles. The molecule has 9 nitrogen and oxygen atoms in total. The van der Waals surface area contributed by atoms with E-state index in [4.69, 9.17) is 19.7 Å². The van der Waals surface area contributed by atoms with Crippen molar-refractivity contribution >= 4 is 23.4 Å². The van der Waals surface area contributed by atoms with E-state index in [0.717, 1.165) is 61.2 Å². The molecule has 1 N–H and O–H groups in total. The SMILES string of the molecule is CCOC(=O)c1cc(-c2cnc(N3CCC(C#N)CC3)nc2)c(/C(=N\C)C(C)C)c(NC2CCCCC2)n1. The summed E-state index contributed by atoms with van der Waals surface area (Å²) in [5.74, 6) is 1.10. The van der Waals surface area contributed by atoms with Crippen molar-refractivity contribution in [2.24, 2.45) is 16.8 Å². The topological polar surface area (TPSA) is 116 Å². The van der Waals surface area contributed by atoms with E-state index in [-0.39, 0.29) is 24.1 Å². The largest absolute Gasteiger partial charge is 0.461 e. The molecule has 0 spiro atoms. The molecule has 0 bridgehead atoms. The first-order valence-corrected chi connectivity index (χ1v) is 13.9. The van der Waals surface area contributed by atoms with Crippen LogP contribution in [-0.4, -0.2) is 59.4 Å². The number of rotatable bonds is 8. The van der Waals surface area contributed by atoms with Crippen LogP contribution in [-0.2, 0) is 4.74 Å². The zero-order valence-corrected chi connectivity index (χ0v) is 23.0. The van der Waals surface area contributed by atoms with Gasteiger partial charge in [0.25, 0.3) is 0 Å². The molecule has 0 amide bonds. The number of ether oxygens (including phenoxy) is 1. The first-order chi connectivity index (χ1) is 18.4. The van der Waals surface area contributed by atoms with E-state index >= 15 is 0 Å². The highest BCUT2D eigenvalue weighted by Gasteiger charge is 2.26. The second-order valence-corrected chi connectivity index (χ2v) is 10.4. The molecule has 1 aliphatic carbocycles. The summed E-state index contributed by atoms with van der Waals surface area (Å²) in [6.07, 6.45) is 11.0. The third kappa shape index (κ3) is 6.29. The van der Waals surface area contributed by atoms with Crippen LogP contribution in [0.15, 0.2) is 23.5 Å². The van der Waals surface area contributed by atoms with E-state index in [9.17, 15) is 10.1 Å². The molecule has 2 fully saturated rings. The number of piperidine rings is 1. The minimum absolute atomic E-state index is 0.101. The highest BCUT2D eigenvalue weighted by atomic mass is 16.5. The highest BCUT2D eigenvalue weighted by molar-refractivity contribution is 6.11.